The predicted octanol–water partition coefficient (Wildman–Crippen LogP) is 2.93. The molecule has 0 saturated carbocycles. The van der Waals surface area contributed by atoms with Gasteiger partial charge in [-0.2, -0.15) is 5.10 Å². The maximum absolute atomic E-state index is 12.5. The normalized spacial score (nSPS) is 16.1. The molecular weight excluding hydrogens is 318 g/mol. The van der Waals surface area contributed by atoms with Crippen molar-refractivity contribution < 1.29 is 9.32 Å². The Morgan fingerprint density at radius 1 is 1.24 bits per heavy atom. The van der Waals surface area contributed by atoms with Gasteiger partial charge in [-0.3, -0.25) is 10.1 Å². The molecule has 0 bridgehead atoms. The summed E-state index contributed by atoms with van der Waals surface area (Å²) >= 11 is 0. The molecule has 1 aliphatic heterocycles. The Kier molecular flexibility index (Phi) is 4.74. The molecule has 3 heterocycles. The fourth-order valence-electron chi connectivity index (χ4n) is 2.84. The fourth-order valence-corrected chi connectivity index (χ4v) is 2.84. The second kappa shape index (κ2) is 6.82. The van der Waals surface area contributed by atoms with E-state index in [-0.39, 0.29) is 17.2 Å². The Bertz CT molecular complexity index is 725. The van der Waals surface area contributed by atoms with E-state index >= 15 is 0 Å². The first-order valence-corrected chi connectivity index (χ1v) is 8.66. The van der Waals surface area contributed by atoms with Gasteiger partial charge in [-0.15, -0.1) is 5.10 Å². The lowest BCUT2D eigenvalue weighted by Gasteiger charge is -2.31. The molecule has 7 nitrogen and oxygen atoms in total. The molecule has 2 aromatic rings. The smallest absolute Gasteiger partial charge is 0.231 e. The molecule has 0 spiro atoms. The standard InChI is InChI=1S/C18H25N5O2/c1-12-5-6-15(21-20-12)23-9-7-13(8-10-23)17(24)19-16-11-14(22-25-16)18(2,3)4/h5-6,11,13H,7-10H2,1-4H3,(H,19,24). The first-order valence-electron chi connectivity index (χ1n) is 8.66. The van der Waals surface area contributed by atoms with E-state index in [1.54, 1.807) is 6.07 Å². The SMILES string of the molecule is Cc1ccc(N2CCC(C(=O)Nc3cc(C(C)(C)C)no3)CC2)nn1. The number of piperidine rings is 1. The van der Waals surface area contributed by atoms with Gasteiger partial charge in [0, 0.05) is 30.5 Å². The zero-order chi connectivity index (χ0) is 18.0. The van der Waals surface area contributed by atoms with Gasteiger partial charge in [0.25, 0.3) is 0 Å². The van der Waals surface area contributed by atoms with Gasteiger partial charge in [0.05, 0.1) is 11.4 Å². The maximum Gasteiger partial charge on any atom is 0.231 e. The van der Waals surface area contributed by atoms with Gasteiger partial charge in [0.1, 0.15) is 0 Å². The van der Waals surface area contributed by atoms with E-state index in [9.17, 15) is 4.79 Å². The summed E-state index contributed by atoms with van der Waals surface area (Å²) < 4.78 is 5.24. The Morgan fingerprint density at radius 2 is 1.96 bits per heavy atom. The molecule has 1 amide bonds. The number of rotatable bonds is 3. The lowest BCUT2D eigenvalue weighted by molar-refractivity contribution is -0.120. The maximum atomic E-state index is 12.5. The van der Waals surface area contributed by atoms with Crippen molar-refractivity contribution in [3.63, 3.8) is 0 Å². The number of hydrogen-bond donors (Lipinski definition) is 1. The highest BCUT2D eigenvalue weighted by molar-refractivity contribution is 5.91. The minimum atomic E-state index is -0.104. The number of nitrogens with one attached hydrogen (secondary N) is 1. The summed E-state index contributed by atoms with van der Waals surface area (Å²) in [6, 6.07) is 5.73. The number of hydrogen-bond acceptors (Lipinski definition) is 6. The number of amides is 1. The highest BCUT2D eigenvalue weighted by atomic mass is 16.5. The predicted molar refractivity (Wildman–Crippen MR) is 95.5 cm³/mol. The number of carbonyl (C=O) groups is 1. The molecule has 134 valence electrons. The summed E-state index contributed by atoms with van der Waals surface area (Å²) in [5.74, 6) is 1.25. The molecule has 25 heavy (non-hydrogen) atoms. The van der Waals surface area contributed by atoms with Crippen molar-refractivity contribution in [1.82, 2.24) is 15.4 Å². The molecular formula is C18H25N5O2. The van der Waals surface area contributed by atoms with Gasteiger partial charge in [-0.25, -0.2) is 0 Å². The van der Waals surface area contributed by atoms with Crippen LogP contribution in [0.5, 0.6) is 0 Å². The van der Waals surface area contributed by atoms with Crippen molar-refractivity contribution in [3.8, 4) is 0 Å². The quantitative estimate of drug-likeness (QED) is 0.922. The third-order valence-corrected chi connectivity index (χ3v) is 4.50. The summed E-state index contributed by atoms with van der Waals surface area (Å²) in [5, 5.41) is 15.2. The molecule has 0 aliphatic carbocycles. The molecule has 0 aromatic carbocycles. The zero-order valence-corrected chi connectivity index (χ0v) is 15.2. The topological polar surface area (TPSA) is 84.2 Å². The summed E-state index contributed by atoms with van der Waals surface area (Å²) in [5.41, 5.74) is 1.63. The van der Waals surface area contributed by atoms with Crippen molar-refractivity contribution in [2.75, 3.05) is 23.3 Å². The van der Waals surface area contributed by atoms with Crippen LogP contribution in [0.25, 0.3) is 0 Å². The third-order valence-electron chi connectivity index (χ3n) is 4.50. The van der Waals surface area contributed by atoms with Gasteiger partial charge >= 0.3 is 0 Å². The van der Waals surface area contributed by atoms with E-state index in [1.807, 2.05) is 19.1 Å². The van der Waals surface area contributed by atoms with Gasteiger partial charge < -0.3 is 9.42 Å². The van der Waals surface area contributed by atoms with Crippen molar-refractivity contribution in [1.29, 1.82) is 0 Å². The number of aryl methyl sites for hydroxylation is 1. The Morgan fingerprint density at radius 3 is 2.52 bits per heavy atom. The second-order valence-electron chi connectivity index (χ2n) is 7.61. The minimum absolute atomic E-state index is 0.00810. The Hall–Kier alpha value is -2.44. The van der Waals surface area contributed by atoms with Crippen LogP contribution in [0, 0.1) is 12.8 Å². The first kappa shape index (κ1) is 17.4. The molecule has 7 heteroatoms. The number of anilines is 2. The van der Waals surface area contributed by atoms with Gasteiger partial charge in [0.15, 0.2) is 5.82 Å². The number of carbonyl (C=O) groups excluding carboxylic acids is 1. The Labute approximate surface area is 147 Å². The fraction of sp³-hybridized carbons (Fsp3) is 0.556. The molecule has 0 unspecified atom stereocenters. The van der Waals surface area contributed by atoms with Crippen LogP contribution >= 0.6 is 0 Å². The highest BCUT2D eigenvalue weighted by Gasteiger charge is 2.27. The Balaban J connectivity index is 1.55. The van der Waals surface area contributed by atoms with E-state index in [0.29, 0.717) is 5.88 Å². The van der Waals surface area contributed by atoms with E-state index in [4.69, 9.17) is 4.52 Å². The van der Waals surface area contributed by atoms with Crippen LogP contribution in [-0.4, -0.2) is 34.4 Å². The van der Waals surface area contributed by atoms with Crippen molar-refractivity contribution in [3.05, 3.63) is 29.6 Å². The van der Waals surface area contributed by atoms with Crippen LogP contribution in [0.4, 0.5) is 11.7 Å². The molecule has 1 saturated heterocycles. The van der Waals surface area contributed by atoms with E-state index in [2.05, 4.69) is 46.3 Å². The molecule has 0 atom stereocenters. The average molecular weight is 343 g/mol. The molecule has 1 fully saturated rings. The summed E-state index contributed by atoms with van der Waals surface area (Å²) in [4.78, 5) is 14.6. The van der Waals surface area contributed by atoms with Gasteiger partial charge in [-0.1, -0.05) is 25.9 Å². The van der Waals surface area contributed by atoms with E-state index < -0.39 is 0 Å². The average Bonchev–Trinajstić information content (AvgIpc) is 3.04. The van der Waals surface area contributed by atoms with E-state index in [1.165, 1.54) is 0 Å². The number of aromatic nitrogens is 3. The van der Waals surface area contributed by atoms with Crippen LogP contribution in [-0.2, 0) is 10.2 Å². The first-order chi connectivity index (χ1) is 11.8. The number of nitrogens with zero attached hydrogens (tertiary/aromatic N) is 4. The van der Waals surface area contributed by atoms with Crippen LogP contribution in [0.15, 0.2) is 22.7 Å². The molecule has 3 rings (SSSR count). The second-order valence-corrected chi connectivity index (χ2v) is 7.61. The van der Waals surface area contributed by atoms with Crippen LogP contribution in [0.2, 0.25) is 0 Å². The minimum Gasteiger partial charge on any atom is -0.355 e. The highest BCUT2D eigenvalue weighted by Crippen LogP contribution is 2.26. The monoisotopic (exact) mass is 343 g/mol. The zero-order valence-electron chi connectivity index (χ0n) is 15.2. The van der Waals surface area contributed by atoms with Gasteiger partial charge in [-0.05, 0) is 31.9 Å². The summed E-state index contributed by atoms with van der Waals surface area (Å²) in [6.45, 7) is 9.67. The van der Waals surface area contributed by atoms with Crippen molar-refractivity contribution in [2.45, 2.75) is 46.0 Å². The van der Waals surface area contributed by atoms with E-state index in [0.717, 1.165) is 43.1 Å². The molecule has 1 N–H and O–H groups in total. The van der Waals surface area contributed by atoms with Crippen molar-refractivity contribution >= 4 is 17.6 Å². The van der Waals surface area contributed by atoms with Crippen LogP contribution < -0.4 is 10.2 Å². The lowest BCUT2D eigenvalue weighted by Crippen LogP contribution is -2.38. The largest absolute Gasteiger partial charge is 0.355 e. The van der Waals surface area contributed by atoms with Crippen molar-refractivity contribution in [2.24, 2.45) is 5.92 Å². The molecule has 2 aromatic heterocycles. The lowest BCUT2D eigenvalue weighted by atomic mass is 9.92. The molecule has 0 radical (unpaired) electrons. The van der Waals surface area contributed by atoms with Crippen LogP contribution in [0.3, 0.4) is 0 Å². The van der Waals surface area contributed by atoms with Crippen LogP contribution in [0.1, 0.15) is 45.0 Å². The molecule has 1 aliphatic rings. The summed E-state index contributed by atoms with van der Waals surface area (Å²) in [7, 11) is 0. The van der Waals surface area contributed by atoms with Gasteiger partial charge in [0.2, 0.25) is 11.8 Å². The summed E-state index contributed by atoms with van der Waals surface area (Å²) in [6.07, 6.45) is 1.56. The third kappa shape index (κ3) is 4.15.